The molecule has 3 heteroatoms. The van der Waals surface area contributed by atoms with E-state index in [1.165, 1.54) is 25.7 Å². The molecule has 0 spiro atoms. The van der Waals surface area contributed by atoms with E-state index >= 15 is 0 Å². The zero-order valence-electron chi connectivity index (χ0n) is 10.3. The zero-order valence-corrected chi connectivity index (χ0v) is 11.1. The molecule has 17 heavy (non-hydrogen) atoms. The van der Waals surface area contributed by atoms with Crippen molar-refractivity contribution in [3.8, 4) is 0 Å². The Morgan fingerprint density at radius 2 is 2.06 bits per heavy atom. The summed E-state index contributed by atoms with van der Waals surface area (Å²) in [6.07, 6.45) is 5.19. The predicted molar refractivity (Wildman–Crippen MR) is 72.7 cm³/mol. The van der Waals surface area contributed by atoms with Crippen LogP contribution in [0.1, 0.15) is 38.2 Å². The zero-order chi connectivity index (χ0) is 12.3. The van der Waals surface area contributed by atoms with Gasteiger partial charge in [0.2, 0.25) is 0 Å². The lowest BCUT2D eigenvalue weighted by Gasteiger charge is -2.30. The van der Waals surface area contributed by atoms with Gasteiger partial charge in [-0.15, -0.1) is 0 Å². The average molecular weight is 254 g/mol. The van der Waals surface area contributed by atoms with Crippen LogP contribution in [0, 0.1) is 0 Å². The third-order valence-electron chi connectivity index (χ3n) is 3.61. The fourth-order valence-corrected chi connectivity index (χ4v) is 3.03. The van der Waals surface area contributed by atoms with Gasteiger partial charge in [-0.2, -0.15) is 0 Å². The normalized spacial score (nSPS) is 16.4. The first kappa shape index (κ1) is 12.7. The number of rotatable bonds is 4. The van der Waals surface area contributed by atoms with Crippen LogP contribution in [0.3, 0.4) is 0 Å². The van der Waals surface area contributed by atoms with Crippen LogP contribution in [0.4, 0.5) is 5.69 Å². The van der Waals surface area contributed by atoms with Crippen LogP contribution in [-0.2, 0) is 6.61 Å². The van der Waals surface area contributed by atoms with E-state index in [1.54, 1.807) is 0 Å². The fourth-order valence-electron chi connectivity index (χ4n) is 2.72. The van der Waals surface area contributed by atoms with Gasteiger partial charge < -0.3 is 10.0 Å². The molecule has 94 valence electrons. The number of benzene rings is 1. The second kappa shape index (κ2) is 5.74. The van der Waals surface area contributed by atoms with Crippen molar-refractivity contribution in [3.05, 3.63) is 28.8 Å². The van der Waals surface area contributed by atoms with E-state index in [9.17, 15) is 0 Å². The first-order chi connectivity index (χ1) is 8.26. The minimum atomic E-state index is 0.0511. The Labute approximate surface area is 108 Å². The summed E-state index contributed by atoms with van der Waals surface area (Å²) in [4.78, 5) is 2.40. The second-order valence-corrected chi connectivity index (χ2v) is 5.08. The fraction of sp³-hybridized carbons (Fsp3) is 0.571. The Morgan fingerprint density at radius 3 is 2.59 bits per heavy atom. The highest BCUT2D eigenvalue weighted by molar-refractivity contribution is 6.33. The van der Waals surface area contributed by atoms with Gasteiger partial charge in [-0.1, -0.05) is 30.5 Å². The van der Waals surface area contributed by atoms with Crippen LogP contribution < -0.4 is 4.90 Å². The highest BCUT2D eigenvalue weighted by Crippen LogP contribution is 2.33. The molecule has 0 atom stereocenters. The van der Waals surface area contributed by atoms with Crippen LogP contribution in [0.15, 0.2) is 18.2 Å². The third-order valence-corrected chi connectivity index (χ3v) is 3.91. The van der Waals surface area contributed by atoms with Crippen LogP contribution in [-0.4, -0.2) is 17.7 Å². The van der Waals surface area contributed by atoms with E-state index in [2.05, 4.69) is 11.8 Å². The summed E-state index contributed by atoms with van der Waals surface area (Å²) in [6, 6.07) is 6.50. The highest BCUT2D eigenvalue weighted by Gasteiger charge is 2.23. The number of hydrogen-bond donors (Lipinski definition) is 1. The van der Waals surface area contributed by atoms with E-state index in [-0.39, 0.29) is 6.61 Å². The summed E-state index contributed by atoms with van der Waals surface area (Å²) < 4.78 is 0. The predicted octanol–water partition coefficient (Wildman–Crippen LogP) is 3.60. The topological polar surface area (TPSA) is 23.5 Å². The van der Waals surface area contributed by atoms with E-state index in [0.717, 1.165) is 22.8 Å². The summed E-state index contributed by atoms with van der Waals surface area (Å²) in [5.74, 6) is 0. The lowest BCUT2D eigenvalue weighted by molar-refractivity contribution is 0.282. The molecular weight excluding hydrogens is 234 g/mol. The standard InChI is InChI=1S/C14H20ClNO/c1-2-16(12-5-3-4-6-12)14-8-7-11(10-17)9-13(14)15/h7-9,12,17H,2-6,10H2,1H3. The van der Waals surface area contributed by atoms with Gasteiger partial charge in [0.15, 0.2) is 0 Å². The van der Waals surface area contributed by atoms with Crippen LogP contribution >= 0.6 is 11.6 Å². The summed E-state index contributed by atoms with van der Waals surface area (Å²) >= 11 is 6.31. The smallest absolute Gasteiger partial charge is 0.0682 e. The van der Waals surface area contributed by atoms with Gasteiger partial charge in [-0.3, -0.25) is 0 Å². The average Bonchev–Trinajstić information content (AvgIpc) is 2.85. The van der Waals surface area contributed by atoms with Crippen molar-refractivity contribution in [1.82, 2.24) is 0 Å². The first-order valence-electron chi connectivity index (χ1n) is 6.42. The molecule has 1 aliphatic rings. The molecule has 0 radical (unpaired) electrons. The van der Waals surface area contributed by atoms with Crippen molar-refractivity contribution >= 4 is 17.3 Å². The molecular formula is C14H20ClNO. The monoisotopic (exact) mass is 253 g/mol. The molecule has 1 aromatic carbocycles. The molecule has 0 unspecified atom stereocenters. The van der Waals surface area contributed by atoms with Crippen molar-refractivity contribution < 1.29 is 5.11 Å². The highest BCUT2D eigenvalue weighted by atomic mass is 35.5. The van der Waals surface area contributed by atoms with Crippen molar-refractivity contribution in [2.75, 3.05) is 11.4 Å². The quantitative estimate of drug-likeness (QED) is 0.886. The third kappa shape index (κ3) is 2.75. The lowest BCUT2D eigenvalue weighted by Crippen LogP contribution is -2.33. The Balaban J connectivity index is 2.23. The lowest BCUT2D eigenvalue weighted by atomic mass is 10.1. The largest absolute Gasteiger partial charge is 0.392 e. The van der Waals surface area contributed by atoms with E-state index in [0.29, 0.717) is 6.04 Å². The maximum Gasteiger partial charge on any atom is 0.0682 e. The minimum absolute atomic E-state index is 0.0511. The molecule has 2 rings (SSSR count). The first-order valence-corrected chi connectivity index (χ1v) is 6.80. The number of nitrogens with zero attached hydrogens (tertiary/aromatic N) is 1. The summed E-state index contributed by atoms with van der Waals surface area (Å²) in [6.45, 7) is 3.22. The molecule has 1 N–H and O–H groups in total. The number of anilines is 1. The number of aliphatic hydroxyl groups is 1. The summed E-state index contributed by atoms with van der Waals surface area (Å²) in [5, 5.41) is 9.84. The van der Waals surface area contributed by atoms with Crippen molar-refractivity contribution in [1.29, 1.82) is 0 Å². The molecule has 1 saturated carbocycles. The van der Waals surface area contributed by atoms with E-state index in [4.69, 9.17) is 16.7 Å². The maximum absolute atomic E-state index is 9.09. The van der Waals surface area contributed by atoms with Crippen molar-refractivity contribution in [2.24, 2.45) is 0 Å². The van der Waals surface area contributed by atoms with E-state index < -0.39 is 0 Å². The molecule has 0 amide bonds. The Hall–Kier alpha value is -0.730. The molecule has 0 heterocycles. The molecule has 0 aliphatic heterocycles. The van der Waals surface area contributed by atoms with Gasteiger partial charge in [0.05, 0.1) is 17.3 Å². The molecule has 2 nitrogen and oxygen atoms in total. The van der Waals surface area contributed by atoms with Gasteiger partial charge in [-0.05, 0) is 37.5 Å². The van der Waals surface area contributed by atoms with Crippen LogP contribution in [0.2, 0.25) is 5.02 Å². The van der Waals surface area contributed by atoms with Gasteiger partial charge >= 0.3 is 0 Å². The summed E-state index contributed by atoms with van der Waals surface area (Å²) in [7, 11) is 0. The number of hydrogen-bond acceptors (Lipinski definition) is 2. The molecule has 1 aromatic rings. The summed E-state index contributed by atoms with van der Waals surface area (Å²) in [5.41, 5.74) is 1.99. The minimum Gasteiger partial charge on any atom is -0.392 e. The van der Waals surface area contributed by atoms with Crippen molar-refractivity contribution in [2.45, 2.75) is 45.3 Å². The van der Waals surface area contributed by atoms with Crippen molar-refractivity contribution in [3.63, 3.8) is 0 Å². The second-order valence-electron chi connectivity index (χ2n) is 4.67. The van der Waals surface area contributed by atoms with Gasteiger partial charge in [0.25, 0.3) is 0 Å². The molecule has 1 fully saturated rings. The SMILES string of the molecule is CCN(c1ccc(CO)cc1Cl)C1CCCC1. The maximum atomic E-state index is 9.09. The number of halogens is 1. The molecule has 0 aromatic heterocycles. The Kier molecular flexibility index (Phi) is 4.30. The molecule has 0 bridgehead atoms. The van der Waals surface area contributed by atoms with Gasteiger partial charge in [0.1, 0.15) is 0 Å². The van der Waals surface area contributed by atoms with Crippen LogP contribution in [0.25, 0.3) is 0 Å². The Morgan fingerprint density at radius 1 is 1.35 bits per heavy atom. The molecule has 1 aliphatic carbocycles. The Bertz CT molecular complexity index is 374. The van der Waals surface area contributed by atoms with Gasteiger partial charge in [0, 0.05) is 12.6 Å². The van der Waals surface area contributed by atoms with Crippen LogP contribution in [0.5, 0.6) is 0 Å². The molecule has 0 saturated heterocycles. The van der Waals surface area contributed by atoms with Gasteiger partial charge in [-0.25, -0.2) is 0 Å². The number of aliphatic hydroxyl groups excluding tert-OH is 1. The van der Waals surface area contributed by atoms with E-state index in [1.807, 2.05) is 18.2 Å².